The molecule has 7 heteroatoms. The van der Waals surface area contributed by atoms with Crippen LogP contribution in [0.5, 0.6) is 11.5 Å². The van der Waals surface area contributed by atoms with Gasteiger partial charge >= 0.3 is 0 Å². The summed E-state index contributed by atoms with van der Waals surface area (Å²) in [4.78, 5) is 30.0. The number of nitrogens with zero attached hydrogens (tertiary/aromatic N) is 2. The number of amides is 2. The summed E-state index contributed by atoms with van der Waals surface area (Å²) in [7, 11) is 0. The van der Waals surface area contributed by atoms with Crippen LogP contribution < -0.4 is 9.47 Å². The summed E-state index contributed by atoms with van der Waals surface area (Å²) < 4.78 is 153. The number of H-pyrrole nitrogens is 1. The summed E-state index contributed by atoms with van der Waals surface area (Å²) in [5.41, 5.74) is -3.36. The van der Waals surface area contributed by atoms with E-state index < -0.39 is 137 Å². The summed E-state index contributed by atoms with van der Waals surface area (Å²) in [6.45, 7) is -10.5. The molecule has 6 rings (SSSR count). The third-order valence-corrected chi connectivity index (χ3v) is 4.61. The lowest BCUT2D eigenvalue weighted by molar-refractivity contribution is -0.157. The van der Waals surface area contributed by atoms with Crippen molar-refractivity contribution >= 4 is 22.7 Å². The lowest BCUT2D eigenvalue weighted by Gasteiger charge is -2.46. The number of benzene rings is 2. The molecular formula is C22H19N3O4. The molecule has 146 valence electrons. The predicted octanol–water partition coefficient (Wildman–Crippen LogP) is 2.21. The molecule has 0 unspecified atom stereocenters. The van der Waals surface area contributed by atoms with Crippen LogP contribution in [0.4, 0.5) is 0 Å². The molecule has 0 aliphatic carbocycles. The van der Waals surface area contributed by atoms with Crippen LogP contribution in [0.15, 0.2) is 42.3 Å². The van der Waals surface area contributed by atoms with Crippen molar-refractivity contribution in [1.29, 1.82) is 0 Å². The second-order valence-electron chi connectivity index (χ2n) is 6.18. The van der Waals surface area contributed by atoms with Crippen molar-refractivity contribution in [2.24, 2.45) is 0 Å². The minimum Gasteiger partial charge on any atom is -0.454 e. The molecule has 3 aromatic rings. The summed E-state index contributed by atoms with van der Waals surface area (Å²) in [6, 6.07) is -12.7. The van der Waals surface area contributed by atoms with E-state index in [4.69, 9.17) is 31.4 Å². The standard InChI is InChI=1S/C22H19N3O4/c1-24-10-19(26)25-16(22(24)27)9-14-13-4-2-3-5-15(13)23-20(14)21(25)12-6-7-17-18(8-12)29-11-28-17/h2-8,16,21,23H,9-11H2,1H3/t16-,21-/m1/s1/i1D3,2D,3D,4D,5D,6D,7D,8D,9D2,10D2,11D2,21D. The van der Waals surface area contributed by atoms with Gasteiger partial charge in [0.15, 0.2) is 11.5 Å². The Labute approximate surface area is 190 Å². The Hall–Kier alpha value is -3.48. The van der Waals surface area contributed by atoms with Crippen molar-refractivity contribution < 1.29 is 42.4 Å². The zero-order valence-corrected chi connectivity index (χ0v) is 14.1. The first-order valence-corrected chi connectivity index (χ1v) is 8.18. The molecule has 1 N–H and O–H groups in total. The average Bonchev–Trinajstić information content (AvgIpc) is 3.49. The molecule has 1 aromatic heterocycles. The number of carbonyl (C=O) groups is 2. The van der Waals surface area contributed by atoms with Crippen molar-refractivity contribution in [3.05, 3.63) is 59.1 Å². The zero-order chi connectivity index (χ0) is 34.6. The molecule has 7 nitrogen and oxygen atoms in total. The van der Waals surface area contributed by atoms with Crippen LogP contribution >= 0.6 is 0 Å². The van der Waals surface area contributed by atoms with Gasteiger partial charge in [-0.05, 0) is 29.3 Å². The van der Waals surface area contributed by atoms with Gasteiger partial charge < -0.3 is 24.3 Å². The van der Waals surface area contributed by atoms with Crippen LogP contribution in [0.25, 0.3) is 10.9 Å². The van der Waals surface area contributed by atoms with Gasteiger partial charge in [0.25, 0.3) is 0 Å². The zero-order valence-electron chi connectivity index (χ0n) is 31.1. The number of hydrogen-bond acceptors (Lipinski definition) is 4. The fourth-order valence-electron chi connectivity index (χ4n) is 3.39. The second kappa shape index (κ2) is 5.76. The molecule has 1 saturated heterocycles. The van der Waals surface area contributed by atoms with E-state index in [1.165, 1.54) is 0 Å². The maximum absolute atomic E-state index is 14.1. The summed E-state index contributed by atoms with van der Waals surface area (Å²) in [6.07, 6.45) is -3.33. The number of aromatic amines is 1. The Kier molecular flexibility index (Phi) is 1.35. The molecule has 1 fully saturated rings. The van der Waals surface area contributed by atoms with Crippen molar-refractivity contribution in [2.75, 3.05) is 20.2 Å². The normalized spacial score (nSPS) is 39.4. The fourth-order valence-corrected chi connectivity index (χ4v) is 3.39. The van der Waals surface area contributed by atoms with Gasteiger partial charge in [0.2, 0.25) is 18.6 Å². The lowest BCUT2D eigenvalue weighted by atomic mass is 9.86. The van der Waals surface area contributed by atoms with E-state index >= 15 is 0 Å². The lowest BCUT2D eigenvalue weighted by Crippen LogP contribution is -2.62. The van der Waals surface area contributed by atoms with E-state index in [0.29, 0.717) is 0 Å². The van der Waals surface area contributed by atoms with Crippen LogP contribution in [0.1, 0.15) is 46.1 Å². The molecule has 2 amide bonds. The van der Waals surface area contributed by atoms with Gasteiger partial charge in [-0.2, -0.15) is 0 Å². The Morgan fingerprint density at radius 1 is 1.24 bits per heavy atom. The smallest absolute Gasteiger partial charge is 0.245 e. The number of carbonyl (C=O) groups excluding carboxylic acids is 2. The number of aromatic nitrogens is 1. The van der Waals surface area contributed by atoms with E-state index in [2.05, 4.69) is 4.98 Å². The molecule has 2 atom stereocenters. The first kappa shape index (κ1) is 6.79. The molecule has 4 heterocycles. The van der Waals surface area contributed by atoms with Crippen molar-refractivity contribution in [2.45, 2.75) is 18.4 Å². The van der Waals surface area contributed by atoms with Crippen molar-refractivity contribution in [3.8, 4) is 11.5 Å². The van der Waals surface area contributed by atoms with Gasteiger partial charge in [0.05, 0.1) is 26.2 Å². The highest BCUT2D eigenvalue weighted by Gasteiger charge is 2.47. The quantitative estimate of drug-likeness (QED) is 0.672. The summed E-state index contributed by atoms with van der Waals surface area (Å²) in [5.74, 6) is -5.47. The highest BCUT2D eigenvalue weighted by atomic mass is 16.7. The second-order valence-corrected chi connectivity index (χ2v) is 6.18. The number of para-hydroxylation sites is 1. The van der Waals surface area contributed by atoms with E-state index in [9.17, 15) is 11.0 Å². The molecule has 0 saturated carbocycles. The number of hydrogen-bond donors (Lipinski definition) is 1. The maximum atomic E-state index is 14.1. The highest BCUT2D eigenvalue weighted by molar-refractivity contribution is 5.97. The van der Waals surface area contributed by atoms with Gasteiger partial charge in [-0.15, -0.1) is 0 Å². The number of ether oxygens (including phenoxy) is 2. The van der Waals surface area contributed by atoms with Gasteiger partial charge in [-0.3, -0.25) is 9.59 Å². The number of fused-ring (bicyclic) bond motifs is 5. The topological polar surface area (TPSA) is 74.9 Å². The molecule has 3 aliphatic rings. The fraction of sp³-hybridized carbons (Fsp3) is 0.273. The van der Waals surface area contributed by atoms with Crippen molar-refractivity contribution in [3.63, 3.8) is 0 Å². The van der Waals surface area contributed by atoms with Crippen LogP contribution in [0, 0.1) is 0 Å². The third-order valence-electron chi connectivity index (χ3n) is 4.61. The highest BCUT2D eigenvalue weighted by Crippen LogP contribution is 2.44. The molecule has 2 aromatic carbocycles. The molecular weight excluding hydrogens is 370 g/mol. The SMILES string of the molecule is [2H]c1c([2H])c([C@]2([2H])c3[nH]c4c([2H])c([2H])c([2H])c([2H])c4c3C([2H])([2H])[C@@H]3C(=O)N(C([2H])([2H])[2H])C([2H])([2H])C(=O)N32)c([2H])c2c1OC([2H])([2H])O2. The monoisotopic (exact) mass is 406 g/mol. The number of rotatable bonds is 1. The molecule has 0 radical (unpaired) electrons. The van der Waals surface area contributed by atoms with Gasteiger partial charge in [-0.25, -0.2) is 0 Å². The van der Waals surface area contributed by atoms with Crippen LogP contribution in [0.3, 0.4) is 0 Å². The molecule has 0 spiro atoms. The van der Waals surface area contributed by atoms with Crippen LogP contribution in [0.2, 0.25) is 0 Å². The summed E-state index contributed by atoms with van der Waals surface area (Å²) in [5, 5.41) is -0.627. The van der Waals surface area contributed by atoms with Crippen LogP contribution in [-0.4, -0.2) is 52.9 Å². The Balaban J connectivity index is 1.84. The largest absolute Gasteiger partial charge is 0.454 e. The Morgan fingerprint density at radius 3 is 3.00 bits per heavy atom. The first-order valence-electron chi connectivity index (χ1n) is 16.7. The number of likely N-dealkylation sites (N-methyl/N-ethyl adjacent to an activating group) is 1. The Morgan fingerprint density at radius 2 is 2.10 bits per heavy atom. The minimum atomic E-state index is -3.80. The number of piperazine rings is 1. The third kappa shape index (κ3) is 2.24. The van der Waals surface area contributed by atoms with Crippen LogP contribution in [-0.2, 0) is 16.0 Å². The maximum Gasteiger partial charge on any atom is 0.245 e. The molecule has 29 heavy (non-hydrogen) atoms. The molecule has 0 bridgehead atoms. The first-order chi connectivity index (χ1) is 20.8. The number of nitrogens with one attached hydrogen (secondary N) is 1. The van der Waals surface area contributed by atoms with Gasteiger partial charge in [-0.1, -0.05) is 24.2 Å². The molecule has 3 aliphatic heterocycles. The van der Waals surface area contributed by atoms with E-state index in [0.717, 1.165) is 0 Å². The predicted molar refractivity (Wildman–Crippen MR) is 105 cm³/mol. The van der Waals surface area contributed by atoms with E-state index in [1.54, 1.807) is 0 Å². The van der Waals surface area contributed by atoms with Gasteiger partial charge in [0.1, 0.15) is 8.78 Å². The van der Waals surface area contributed by atoms with E-state index in [-0.39, 0.29) is 4.90 Å². The summed E-state index contributed by atoms with van der Waals surface area (Å²) >= 11 is 0. The van der Waals surface area contributed by atoms with E-state index in [1.807, 2.05) is 0 Å². The minimum absolute atomic E-state index is 0.0204. The van der Waals surface area contributed by atoms with Crippen molar-refractivity contribution in [1.82, 2.24) is 14.8 Å². The van der Waals surface area contributed by atoms with Gasteiger partial charge in [0, 0.05) is 36.8 Å². The average molecular weight is 407 g/mol. The Bertz CT molecular complexity index is 1940.